The molecule has 3 aromatic rings. The Kier molecular flexibility index (Phi) is 4.23. The van der Waals surface area contributed by atoms with E-state index in [4.69, 9.17) is 4.74 Å². The average Bonchev–Trinajstić information content (AvgIpc) is 3.04. The first-order valence-electron chi connectivity index (χ1n) is 7.35. The highest BCUT2D eigenvalue weighted by atomic mass is 16.5. The third kappa shape index (κ3) is 2.88. The molecule has 0 aliphatic carbocycles. The minimum Gasteiger partial charge on any atom is -0.496 e. The van der Waals surface area contributed by atoms with Gasteiger partial charge < -0.3 is 15.0 Å². The molecule has 3 aromatic heterocycles. The number of aromatic nitrogens is 3. The normalized spacial score (nSPS) is 12.1. The summed E-state index contributed by atoms with van der Waals surface area (Å²) in [7, 11) is 3.27. The van der Waals surface area contributed by atoms with Crippen LogP contribution in [0.15, 0.2) is 43.0 Å². The summed E-state index contributed by atoms with van der Waals surface area (Å²) >= 11 is 0. The number of hydrogen-bond acceptors (Lipinski definition) is 4. The van der Waals surface area contributed by atoms with Crippen LogP contribution in [0.25, 0.3) is 11.0 Å². The van der Waals surface area contributed by atoms with Crippen molar-refractivity contribution in [2.24, 2.45) is 0 Å². The van der Waals surface area contributed by atoms with E-state index in [1.54, 1.807) is 32.7 Å². The van der Waals surface area contributed by atoms with E-state index in [9.17, 15) is 4.79 Å². The molecule has 2 N–H and O–H groups in total. The Labute approximate surface area is 133 Å². The Morgan fingerprint density at radius 1 is 1.39 bits per heavy atom. The molecule has 1 amide bonds. The molecule has 0 fully saturated rings. The SMILES string of the molecule is CNC(=O)CC(c1cccnc1)c1c[nH]c2nccc(OC)c12. The summed E-state index contributed by atoms with van der Waals surface area (Å²) in [4.78, 5) is 23.7. The second-order valence-corrected chi connectivity index (χ2v) is 5.20. The quantitative estimate of drug-likeness (QED) is 0.757. The molecule has 23 heavy (non-hydrogen) atoms. The van der Waals surface area contributed by atoms with E-state index in [0.29, 0.717) is 6.42 Å². The maximum absolute atomic E-state index is 12.0. The minimum absolute atomic E-state index is 0.0314. The topological polar surface area (TPSA) is 79.9 Å². The fourth-order valence-electron chi connectivity index (χ4n) is 2.77. The number of carbonyl (C=O) groups is 1. The molecular formula is C17H18N4O2. The average molecular weight is 310 g/mol. The van der Waals surface area contributed by atoms with Crippen LogP contribution in [0.5, 0.6) is 5.75 Å². The van der Waals surface area contributed by atoms with Gasteiger partial charge in [0.05, 0.1) is 12.5 Å². The molecule has 1 unspecified atom stereocenters. The van der Waals surface area contributed by atoms with Crippen LogP contribution in [-0.4, -0.2) is 35.0 Å². The number of pyridine rings is 2. The zero-order valence-electron chi connectivity index (χ0n) is 13.0. The number of nitrogens with one attached hydrogen (secondary N) is 2. The fraction of sp³-hybridized carbons (Fsp3) is 0.235. The first kappa shape index (κ1) is 15.0. The van der Waals surface area contributed by atoms with Gasteiger partial charge in [0.1, 0.15) is 11.4 Å². The molecule has 0 radical (unpaired) electrons. The Balaban J connectivity index is 2.15. The van der Waals surface area contributed by atoms with Gasteiger partial charge in [-0.3, -0.25) is 9.78 Å². The lowest BCUT2D eigenvalue weighted by atomic mass is 9.89. The fourth-order valence-corrected chi connectivity index (χ4v) is 2.77. The van der Waals surface area contributed by atoms with Gasteiger partial charge in [-0.15, -0.1) is 0 Å². The molecule has 118 valence electrons. The molecule has 6 heteroatoms. The molecule has 0 spiro atoms. The maximum atomic E-state index is 12.0. The Morgan fingerprint density at radius 3 is 2.96 bits per heavy atom. The molecule has 0 bridgehead atoms. The van der Waals surface area contributed by atoms with E-state index in [1.807, 2.05) is 24.4 Å². The lowest BCUT2D eigenvalue weighted by molar-refractivity contribution is -0.120. The van der Waals surface area contributed by atoms with Crippen molar-refractivity contribution in [3.63, 3.8) is 0 Å². The number of methoxy groups -OCH3 is 1. The van der Waals surface area contributed by atoms with Gasteiger partial charge in [-0.25, -0.2) is 4.98 Å². The summed E-state index contributed by atoms with van der Waals surface area (Å²) < 4.78 is 5.47. The van der Waals surface area contributed by atoms with Gasteiger partial charge in [-0.2, -0.15) is 0 Å². The van der Waals surface area contributed by atoms with Gasteiger partial charge in [0, 0.05) is 44.2 Å². The Bertz CT molecular complexity index is 814. The predicted molar refractivity (Wildman–Crippen MR) is 87.4 cm³/mol. The number of amides is 1. The van der Waals surface area contributed by atoms with E-state index in [2.05, 4.69) is 20.3 Å². The van der Waals surface area contributed by atoms with E-state index in [-0.39, 0.29) is 11.8 Å². The Hall–Kier alpha value is -2.89. The summed E-state index contributed by atoms with van der Waals surface area (Å²) in [5.41, 5.74) is 2.69. The van der Waals surface area contributed by atoms with Gasteiger partial charge >= 0.3 is 0 Å². The third-order valence-corrected chi connectivity index (χ3v) is 3.92. The van der Waals surface area contributed by atoms with Crippen LogP contribution in [0, 0.1) is 0 Å². The number of aromatic amines is 1. The zero-order chi connectivity index (χ0) is 16.2. The van der Waals surface area contributed by atoms with Gasteiger partial charge in [0.15, 0.2) is 0 Å². The van der Waals surface area contributed by atoms with Crippen LogP contribution < -0.4 is 10.1 Å². The number of nitrogens with zero attached hydrogens (tertiary/aromatic N) is 2. The maximum Gasteiger partial charge on any atom is 0.220 e. The smallest absolute Gasteiger partial charge is 0.220 e. The first-order chi connectivity index (χ1) is 11.2. The van der Waals surface area contributed by atoms with Crippen molar-refractivity contribution in [3.8, 4) is 5.75 Å². The summed E-state index contributed by atoms with van der Waals surface area (Å²) in [5, 5.41) is 3.58. The monoisotopic (exact) mass is 310 g/mol. The van der Waals surface area contributed by atoms with Crippen LogP contribution >= 0.6 is 0 Å². The highest BCUT2D eigenvalue weighted by molar-refractivity contribution is 5.88. The highest BCUT2D eigenvalue weighted by Crippen LogP contribution is 2.36. The van der Waals surface area contributed by atoms with Crippen LogP contribution in [0.1, 0.15) is 23.5 Å². The standard InChI is InChI=1S/C17H18N4O2/c1-18-15(22)8-12(11-4-3-6-19-9-11)13-10-21-17-16(13)14(23-2)5-7-20-17/h3-7,9-10,12H,8H2,1-2H3,(H,18,22)(H,20,21). The lowest BCUT2D eigenvalue weighted by Gasteiger charge is -2.16. The molecule has 3 rings (SSSR count). The summed E-state index contributed by atoms with van der Waals surface area (Å²) in [6, 6.07) is 5.67. The summed E-state index contributed by atoms with van der Waals surface area (Å²) in [5.74, 6) is 0.573. The second kappa shape index (κ2) is 6.48. The largest absolute Gasteiger partial charge is 0.496 e. The first-order valence-corrected chi connectivity index (χ1v) is 7.35. The van der Waals surface area contributed by atoms with E-state index in [1.165, 1.54) is 0 Å². The number of carbonyl (C=O) groups excluding carboxylic acids is 1. The molecule has 1 atom stereocenters. The molecule has 0 aliphatic heterocycles. The van der Waals surface area contributed by atoms with E-state index in [0.717, 1.165) is 27.9 Å². The molecular weight excluding hydrogens is 292 g/mol. The molecule has 0 saturated carbocycles. The molecule has 3 heterocycles. The van der Waals surface area contributed by atoms with E-state index >= 15 is 0 Å². The van der Waals surface area contributed by atoms with E-state index < -0.39 is 0 Å². The van der Waals surface area contributed by atoms with Crippen molar-refractivity contribution in [3.05, 3.63) is 54.1 Å². The third-order valence-electron chi connectivity index (χ3n) is 3.92. The van der Waals surface area contributed by atoms with Crippen LogP contribution in [-0.2, 0) is 4.79 Å². The lowest BCUT2D eigenvalue weighted by Crippen LogP contribution is -2.21. The number of ether oxygens (including phenoxy) is 1. The number of fused-ring (bicyclic) bond motifs is 1. The van der Waals surface area contributed by atoms with Gasteiger partial charge in [0.2, 0.25) is 5.91 Å². The van der Waals surface area contributed by atoms with Crippen LogP contribution in [0.3, 0.4) is 0 Å². The molecule has 0 aromatic carbocycles. The summed E-state index contributed by atoms with van der Waals surface area (Å²) in [6.45, 7) is 0. The highest BCUT2D eigenvalue weighted by Gasteiger charge is 2.23. The van der Waals surface area contributed by atoms with Gasteiger partial charge in [-0.1, -0.05) is 6.07 Å². The second-order valence-electron chi connectivity index (χ2n) is 5.20. The van der Waals surface area contributed by atoms with Crippen LogP contribution in [0.2, 0.25) is 0 Å². The predicted octanol–water partition coefficient (Wildman–Crippen LogP) is 2.23. The molecule has 0 saturated heterocycles. The number of hydrogen-bond donors (Lipinski definition) is 2. The van der Waals surface area contributed by atoms with Crippen molar-refractivity contribution in [2.75, 3.05) is 14.2 Å². The van der Waals surface area contributed by atoms with Crippen molar-refractivity contribution in [2.45, 2.75) is 12.3 Å². The number of H-pyrrole nitrogens is 1. The van der Waals surface area contributed by atoms with Crippen molar-refractivity contribution in [1.82, 2.24) is 20.3 Å². The van der Waals surface area contributed by atoms with Gasteiger partial charge in [-0.05, 0) is 23.3 Å². The Morgan fingerprint density at radius 2 is 2.26 bits per heavy atom. The van der Waals surface area contributed by atoms with Crippen LogP contribution in [0.4, 0.5) is 0 Å². The summed E-state index contributed by atoms with van der Waals surface area (Å²) in [6.07, 6.45) is 7.42. The van der Waals surface area contributed by atoms with Gasteiger partial charge in [0.25, 0.3) is 0 Å². The number of rotatable bonds is 5. The molecule has 6 nitrogen and oxygen atoms in total. The van der Waals surface area contributed by atoms with Crippen molar-refractivity contribution >= 4 is 16.9 Å². The van der Waals surface area contributed by atoms with Crippen molar-refractivity contribution < 1.29 is 9.53 Å². The zero-order valence-corrected chi connectivity index (χ0v) is 13.0. The molecule has 0 aliphatic rings. The van der Waals surface area contributed by atoms with Crippen molar-refractivity contribution in [1.29, 1.82) is 0 Å². The minimum atomic E-state index is -0.129.